The number of unbranched alkanes of at least 4 members (excludes halogenated alkanes) is 3. The fourth-order valence-corrected chi connectivity index (χ4v) is 4.44. The molecule has 4 heteroatoms. The van der Waals surface area contributed by atoms with Crippen molar-refractivity contribution in [3.63, 3.8) is 0 Å². The van der Waals surface area contributed by atoms with Gasteiger partial charge in [0.2, 0.25) is 0 Å². The van der Waals surface area contributed by atoms with E-state index in [1.165, 1.54) is 38.5 Å². The van der Waals surface area contributed by atoms with Crippen LogP contribution in [0.25, 0.3) is 0 Å². The summed E-state index contributed by atoms with van der Waals surface area (Å²) in [6, 6.07) is 0. The summed E-state index contributed by atoms with van der Waals surface area (Å²) in [5, 5.41) is 0. The summed E-state index contributed by atoms with van der Waals surface area (Å²) in [6.45, 7) is 6.94. The van der Waals surface area contributed by atoms with Crippen molar-refractivity contribution in [1.82, 2.24) is 0 Å². The van der Waals surface area contributed by atoms with E-state index in [9.17, 15) is 0 Å². The van der Waals surface area contributed by atoms with Crippen LogP contribution in [0.1, 0.15) is 59.3 Å². The van der Waals surface area contributed by atoms with E-state index in [4.69, 9.17) is 16.5 Å². The standard InChI is InChI=1S/C12H27P.2ClH.Hg/c1-4-7-10-13(11-8-5-2)12-9-6-3;;;/h4-12H2,1-3H3;2*1H;/q;;;+2/p-2. The summed E-state index contributed by atoms with van der Waals surface area (Å²) >= 11 is -1.14. The van der Waals surface area contributed by atoms with Crippen LogP contribution < -0.4 is 0 Å². The Kier molecular flexibility index (Phi) is 24.4. The van der Waals surface area contributed by atoms with E-state index in [1.54, 1.807) is 18.5 Å². The maximum absolute atomic E-state index is 4.99. The number of hydrogen-bond acceptors (Lipinski definition) is 0. The molecule has 0 aliphatic rings. The van der Waals surface area contributed by atoms with Crippen LogP contribution in [0.3, 0.4) is 0 Å². The van der Waals surface area contributed by atoms with E-state index < -0.39 is 22.1 Å². The zero-order chi connectivity index (χ0) is 12.6. The van der Waals surface area contributed by atoms with Crippen molar-refractivity contribution in [2.24, 2.45) is 0 Å². The minimum atomic E-state index is -1.14. The van der Waals surface area contributed by atoms with Crippen LogP contribution in [0.5, 0.6) is 0 Å². The zero-order valence-corrected chi connectivity index (χ0v) is 19.2. The number of rotatable bonds is 9. The Hall–Kier alpha value is 1.95. The molecular formula is C12H27Cl2HgP. The third-order valence-electron chi connectivity index (χ3n) is 2.48. The van der Waals surface area contributed by atoms with Gasteiger partial charge in [0.15, 0.2) is 0 Å². The first-order valence-electron chi connectivity index (χ1n) is 6.60. The monoisotopic (exact) mass is 474 g/mol. The molecule has 0 bridgehead atoms. The van der Waals surface area contributed by atoms with E-state index in [-0.39, 0.29) is 0 Å². The Labute approximate surface area is 123 Å². The Bertz CT molecular complexity index is 96.2. The van der Waals surface area contributed by atoms with Crippen molar-refractivity contribution in [2.75, 3.05) is 18.5 Å². The second-order valence-corrected chi connectivity index (χ2v) is 14.6. The maximum atomic E-state index is 4.99. The molecule has 0 aromatic carbocycles. The second-order valence-electron chi connectivity index (χ2n) is 4.00. The van der Waals surface area contributed by atoms with Crippen LogP contribution >= 0.6 is 24.4 Å². The predicted molar refractivity (Wildman–Crippen MR) is 78.0 cm³/mol. The van der Waals surface area contributed by atoms with Crippen molar-refractivity contribution in [3.8, 4) is 0 Å². The van der Waals surface area contributed by atoms with Crippen molar-refractivity contribution in [3.05, 3.63) is 0 Å². The van der Waals surface area contributed by atoms with Crippen LogP contribution in [0.4, 0.5) is 0 Å². The first-order valence-corrected chi connectivity index (χ1v) is 22.0. The van der Waals surface area contributed by atoms with Gasteiger partial charge in [-0.3, -0.25) is 0 Å². The molecule has 0 rings (SSSR count). The molecule has 0 aromatic rings. The van der Waals surface area contributed by atoms with Crippen molar-refractivity contribution >= 4 is 24.4 Å². The Morgan fingerprint density at radius 1 is 0.750 bits per heavy atom. The molecule has 0 N–H and O–H groups in total. The number of hydrogen-bond donors (Lipinski definition) is 0. The fourth-order valence-electron chi connectivity index (χ4n) is 1.48. The summed E-state index contributed by atoms with van der Waals surface area (Å²) < 4.78 is 0. The van der Waals surface area contributed by atoms with Gasteiger partial charge in [0.25, 0.3) is 0 Å². The summed E-state index contributed by atoms with van der Waals surface area (Å²) in [7, 11) is 10.4. The molecular weight excluding hydrogens is 447 g/mol. The molecule has 0 amide bonds. The molecule has 0 saturated carbocycles. The van der Waals surface area contributed by atoms with E-state index in [2.05, 4.69) is 20.8 Å². The average molecular weight is 474 g/mol. The first kappa shape index (κ1) is 20.3. The molecule has 0 saturated heterocycles. The SMILES string of the molecule is CCCCP(CCCC)CCCC.[Cl][Hg][Cl]. The van der Waals surface area contributed by atoms with E-state index in [0.717, 1.165) is 0 Å². The third kappa shape index (κ3) is 18.3. The molecule has 0 spiro atoms. The van der Waals surface area contributed by atoms with Crippen LogP contribution in [0.15, 0.2) is 0 Å². The van der Waals surface area contributed by atoms with Gasteiger partial charge in [0.05, 0.1) is 0 Å². The Balaban J connectivity index is 0. The molecule has 0 radical (unpaired) electrons. The third-order valence-corrected chi connectivity index (χ3v) is 5.33. The van der Waals surface area contributed by atoms with Gasteiger partial charge in [0, 0.05) is 0 Å². The van der Waals surface area contributed by atoms with Gasteiger partial charge in [-0.2, -0.15) is 0 Å². The first-order chi connectivity index (χ1) is 7.76. The molecule has 0 heterocycles. The Morgan fingerprint density at radius 3 is 1.19 bits per heavy atom. The normalized spacial score (nSPS) is 9.62. The molecule has 0 aliphatic carbocycles. The average Bonchev–Trinajstić information content (AvgIpc) is 2.29. The van der Waals surface area contributed by atoms with Crippen LogP contribution in [0, 0.1) is 0 Å². The van der Waals surface area contributed by atoms with Crippen molar-refractivity contribution < 1.29 is 22.1 Å². The summed E-state index contributed by atoms with van der Waals surface area (Å²) in [4.78, 5) is 0. The minimum absolute atomic E-state index is 0.422. The molecule has 0 atom stereocenters. The molecule has 0 nitrogen and oxygen atoms in total. The number of halogens is 2. The van der Waals surface area contributed by atoms with Crippen LogP contribution in [-0.4, -0.2) is 18.5 Å². The van der Waals surface area contributed by atoms with Crippen molar-refractivity contribution in [2.45, 2.75) is 59.3 Å². The molecule has 0 aromatic heterocycles. The van der Waals surface area contributed by atoms with E-state index in [1.807, 2.05) is 0 Å². The topological polar surface area (TPSA) is 0 Å². The van der Waals surface area contributed by atoms with Gasteiger partial charge in [0.1, 0.15) is 0 Å². The summed E-state index contributed by atoms with van der Waals surface area (Å²) in [5.41, 5.74) is 0. The molecule has 96 valence electrons. The molecule has 0 aliphatic heterocycles. The van der Waals surface area contributed by atoms with Gasteiger partial charge in [-0.15, -0.1) is 7.92 Å². The van der Waals surface area contributed by atoms with Gasteiger partial charge in [-0.25, -0.2) is 0 Å². The van der Waals surface area contributed by atoms with E-state index in [0.29, 0.717) is 7.92 Å². The van der Waals surface area contributed by atoms with Crippen LogP contribution in [-0.2, 0) is 22.1 Å². The quantitative estimate of drug-likeness (QED) is 0.274. The van der Waals surface area contributed by atoms with Gasteiger partial charge >= 0.3 is 38.6 Å². The van der Waals surface area contributed by atoms with Crippen molar-refractivity contribution in [1.29, 1.82) is 0 Å². The summed E-state index contributed by atoms with van der Waals surface area (Å²) in [6.07, 6.45) is 13.2. The van der Waals surface area contributed by atoms with Gasteiger partial charge in [-0.05, 0) is 37.7 Å². The van der Waals surface area contributed by atoms with Gasteiger partial charge < -0.3 is 0 Å². The summed E-state index contributed by atoms with van der Waals surface area (Å²) in [5.74, 6) is 0. The van der Waals surface area contributed by atoms with Gasteiger partial charge in [-0.1, -0.05) is 40.0 Å². The second kappa shape index (κ2) is 19.3. The van der Waals surface area contributed by atoms with E-state index >= 15 is 0 Å². The molecule has 0 unspecified atom stereocenters. The zero-order valence-electron chi connectivity index (χ0n) is 11.3. The predicted octanol–water partition coefficient (Wildman–Crippen LogP) is 6.25. The Morgan fingerprint density at radius 2 is 1.00 bits per heavy atom. The molecule has 0 fully saturated rings. The molecule has 16 heavy (non-hydrogen) atoms. The van der Waals surface area contributed by atoms with Crippen LogP contribution in [0.2, 0.25) is 0 Å². The fraction of sp³-hybridized carbons (Fsp3) is 1.00.